The summed E-state index contributed by atoms with van der Waals surface area (Å²) in [5.41, 5.74) is 7.23. The standard InChI is InChI=1S/C28H25NO6/c1-3-22(4-2)33-28(32)23(29)17-19-15-16-24(34-26(30)20-11-7-5-8-12-20)25(18-19)35-27(31)21-13-9-6-10-14-21/h3-16,18,22-23H,1-2,17,29H2/t23-/m0/s1. The number of nitrogens with two attached hydrogens (primary N) is 1. The van der Waals surface area contributed by atoms with Crippen LogP contribution in [0.3, 0.4) is 0 Å². The molecule has 178 valence electrons. The van der Waals surface area contributed by atoms with Crippen molar-refractivity contribution in [1.29, 1.82) is 0 Å². The van der Waals surface area contributed by atoms with Crippen molar-refractivity contribution in [2.75, 3.05) is 0 Å². The van der Waals surface area contributed by atoms with Gasteiger partial charge in [-0.05, 0) is 60.5 Å². The van der Waals surface area contributed by atoms with Gasteiger partial charge in [0.1, 0.15) is 12.1 Å². The fourth-order valence-corrected chi connectivity index (χ4v) is 3.06. The topological polar surface area (TPSA) is 105 Å². The second-order valence-corrected chi connectivity index (χ2v) is 7.48. The number of carbonyl (C=O) groups excluding carboxylic acids is 3. The Morgan fingerprint density at radius 1 is 0.771 bits per heavy atom. The van der Waals surface area contributed by atoms with Gasteiger partial charge in [0.15, 0.2) is 11.5 Å². The molecule has 0 unspecified atom stereocenters. The number of ether oxygens (including phenoxy) is 3. The number of carbonyl (C=O) groups is 3. The number of hydrogen-bond donors (Lipinski definition) is 1. The van der Waals surface area contributed by atoms with Gasteiger partial charge in [0.05, 0.1) is 11.1 Å². The highest BCUT2D eigenvalue weighted by molar-refractivity contribution is 5.93. The van der Waals surface area contributed by atoms with E-state index in [0.29, 0.717) is 16.7 Å². The highest BCUT2D eigenvalue weighted by Gasteiger charge is 2.21. The summed E-state index contributed by atoms with van der Waals surface area (Å²) in [6, 6.07) is 20.4. The fourth-order valence-electron chi connectivity index (χ4n) is 3.06. The number of hydrogen-bond acceptors (Lipinski definition) is 7. The Balaban J connectivity index is 1.84. The molecule has 3 rings (SSSR count). The Morgan fingerprint density at radius 3 is 1.80 bits per heavy atom. The van der Waals surface area contributed by atoms with E-state index in [9.17, 15) is 14.4 Å². The van der Waals surface area contributed by atoms with Crippen LogP contribution in [0.4, 0.5) is 0 Å². The Labute approximate surface area is 203 Å². The zero-order chi connectivity index (χ0) is 25.2. The molecule has 0 aliphatic carbocycles. The molecule has 3 aromatic rings. The maximum absolute atomic E-state index is 12.7. The van der Waals surface area contributed by atoms with Gasteiger partial charge in [-0.15, -0.1) is 0 Å². The molecule has 3 aromatic carbocycles. The molecule has 0 saturated heterocycles. The van der Waals surface area contributed by atoms with Crippen LogP contribution in [0.2, 0.25) is 0 Å². The maximum Gasteiger partial charge on any atom is 0.343 e. The minimum Gasteiger partial charge on any atom is -0.453 e. The van der Waals surface area contributed by atoms with Crippen molar-refractivity contribution in [3.05, 3.63) is 121 Å². The number of esters is 3. The van der Waals surface area contributed by atoms with Crippen LogP contribution in [-0.4, -0.2) is 30.1 Å². The highest BCUT2D eigenvalue weighted by Crippen LogP contribution is 2.30. The third-order valence-corrected chi connectivity index (χ3v) is 4.91. The first-order valence-electron chi connectivity index (χ1n) is 10.8. The summed E-state index contributed by atoms with van der Waals surface area (Å²) in [6.45, 7) is 7.14. The monoisotopic (exact) mass is 471 g/mol. The molecule has 1 atom stereocenters. The van der Waals surface area contributed by atoms with Crippen LogP contribution in [0.15, 0.2) is 104 Å². The van der Waals surface area contributed by atoms with Gasteiger partial charge >= 0.3 is 17.9 Å². The summed E-state index contributed by atoms with van der Waals surface area (Å²) >= 11 is 0. The Kier molecular flexibility index (Phi) is 8.70. The Hall–Kier alpha value is -4.49. The van der Waals surface area contributed by atoms with Crippen LogP contribution in [0, 0.1) is 0 Å². The zero-order valence-electron chi connectivity index (χ0n) is 19.0. The van der Waals surface area contributed by atoms with Gasteiger partial charge in [-0.2, -0.15) is 0 Å². The van der Waals surface area contributed by atoms with E-state index in [-0.39, 0.29) is 17.9 Å². The zero-order valence-corrected chi connectivity index (χ0v) is 19.0. The molecule has 7 heteroatoms. The summed E-state index contributed by atoms with van der Waals surface area (Å²) in [4.78, 5) is 37.5. The van der Waals surface area contributed by atoms with Gasteiger partial charge < -0.3 is 19.9 Å². The van der Waals surface area contributed by atoms with Gasteiger partial charge in [0.25, 0.3) is 0 Å². The van der Waals surface area contributed by atoms with Gasteiger partial charge in [0, 0.05) is 0 Å². The molecule has 0 spiro atoms. The van der Waals surface area contributed by atoms with Crippen LogP contribution in [-0.2, 0) is 16.0 Å². The van der Waals surface area contributed by atoms with Crippen LogP contribution in [0.5, 0.6) is 11.5 Å². The molecule has 0 aliphatic rings. The normalized spacial score (nSPS) is 11.3. The van der Waals surface area contributed by atoms with Gasteiger partial charge in [-0.25, -0.2) is 9.59 Å². The first kappa shape index (κ1) is 25.1. The summed E-state index contributed by atoms with van der Waals surface area (Å²) in [5, 5.41) is 0. The van der Waals surface area contributed by atoms with E-state index in [4.69, 9.17) is 19.9 Å². The largest absolute Gasteiger partial charge is 0.453 e. The third kappa shape index (κ3) is 6.99. The second kappa shape index (κ2) is 12.1. The highest BCUT2D eigenvalue weighted by atomic mass is 16.6. The summed E-state index contributed by atoms with van der Waals surface area (Å²) < 4.78 is 16.3. The van der Waals surface area contributed by atoms with Crippen molar-refractivity contribution < 1.29 is 28.6 Å². The van der Waals surface area contributed by atoms with Crippen molar-refractivity contribution in [2.24, 2.45) is 5.73 Å². The van der Waals surface area contributed by atoms with E-state index < -0.39 is 30.1 Å². The van der Waals surface area contributed by atoms with Crippen molar-refractivity contribution in [3.8, 4) is 11.5 Å². The Bertz CT molecular complexity index is 1200. The van der Waals surface area contributed by atoms with Crippen LogP contribution >= 0.6 is 0 Å². The molecule has 0 radical (unpaired) electrons. The predicted octanol–water partition coefficient (Wildman–Crippen LogP) is 4.28. The SMILES string of the molecule is C=CC(C=C)OC(=O)[C@@H](N)Cc1ccc(OC(=O)c2ccccc2)c(OC(=O)c2ccccc2)c1. The van der Waals surface area contributed by atoms with E-state index in [2.05, 4.69) is 13.2 Å². The van der Waals surface area contributed by atoms with Crippen molar-refractivity contribution in [2.45, 2.75) is 18.6 Å². The molecule has 0 aromatic heterocycles. The van der Waals surface area contributed by atoms with Crippen LogP contribution in [0.1, 0.15) is 26.3 Å². The lowest BCUT2D eigenvalue weighted by atomic mass is 10.1. The van der Waals surface area contributed by atoms with Crippen molar-refractivity contribution in [1.82, 2.24) is 0 Å². The quantitative estimate of drug-likeness (QED) is 0.267. The molecule has 2 N–H and O–H groups in total. The number of rotatable bonds is 10. The smallest absolute Gasteiger partial charge is 0.343 e. The minimum absolute atomic E-state index is 0.0104. The lowest BCUT2D eigenvalue weighted by molar-refractivity contribution is -0.146. The lowest BCUT2D eigenvalue weighted by Gasteiger charge is -2.16. The van der Waals surface area contributed by atoms with Crippen LogP contribution < -0.4 is 15.2 Å². The fraction of sp³-hybridized carbons (Fsp3) is 0.107. The van der Waals surface area contributed by atoms with Gasteiger partial charge in [-0.3, -0.25) is 4.79 Å². The maximum atomic E-state index is 12.7. The lowest BCUT2D eigenvalue weighted by Crippen LogP contribution is -2.36. The molecule has 0 bridgehead atoms. The minimum atomic E-state index is -0.993. The first-order valence-corrected chi connectivity index (χ1v) is 10.8. The van der Waals surface area contributed by atoms with Gasteiger partial charge in [0.2, 0.25) is 0 Å². The molecule has 35 heavy (non-hydrogen) atoms. The Morgan fingerprint density at radius 2 is 1.29 bits per heavy atom. The summed E-state index contributed by atoms with van der Waals surface area (Å²) in [6.07, 6.45) is 2.28. The molecular weight excluding hydrogens is 446 g/mol. The first-order chi connectivity index (χ1) is 16.9. The van der Waals surface area contributed by atoms with Gasteiger partial charge in [-0.1, -0.05) is 55.6 Å². The van der Waals surface area contributed by atoms with E-state index in [0.717, 1.165) is 0 Å². The second-order valence-electron chi connectivity index (χ2n) is 7.48. The van der Waals surface area contributed by atoms with E-state index in [1.54, 1.807) is 66.7 Å². The third-order valence-electron chi connectivity index (χ3n) is 4.91. The van der Waals surface area contributed by atoms with Crippen LogP contribution in [0.25, 0.3) is 0 Å². The summed E-state index contributed by atoms with van der Waals surface area (Å²) in [5.74, 6) is -1.84. The van der Waals surface area contributed by atoms with Crippen molar-refractivity contribution in [3.63, 3.8) is 0 Å². The molecule has 7 nitrogen and oxygen atoms in total. The summed E-state index contributed by atoms with van der Waals surface area (Å²) in [7, 11) is 0. The molecule has 0 amide bonds. The van der Waals surface area contributed by atoms with E-state index >= 15 is 0 Å². The predicted molar refractivity (Wildman–Crippen MR) is 131 cm³/mol. The van der Waals surface area contributed by atoms with E-state index in [1.165, 1.54) is 24.3 Å². The molecule has 0 fully saturated rings. The molecule has 0 heterocycles. The average molecular weight is 472 g/mol. The molecule has 0 saturated carbocycles. The molecule has 0 aliphatic heterocycles. The number of benzene rings is 3. The van der Waals surface area contributed by atoms with E-state index in [1.807, 2.05) is 0 Å². The molecular formula is C28H25NO6. The average Bonchev–Trinajstić information content (AvgIpc) is 2.89. The van der Waals surface area contributed by atoms with Crippen molar-refractivity contribution >= 4 is 17.9 Å².